The number of hydrogen-bond donors (Lipinski definition) is 2. The summed E-state index contributed by atoms with van der Waals surface area (Å²) in [6.07, 6.45) is 1.61. The summed E-state index contributed by atoms with van der Waals surface area (Å²) in [6.45, 7) is 4.30. The number of carbonyl (C=O) groups excluding carboxylic acids is 2. The normalized spacial score (nSPS) is 10.5. The van der Waals surface area contributed by atoms with Gasteiger partial charge in [0.25, 0.3) is 17.4 Å². The molecule has 1 aromatic heterocycles. The van der Waals surface area contributed by atoms with E-state index in [1.54, 1.807) is 48.7 Å². The minimum atomic E-state index is -0.429. The number of anilines is 1. The monoisotopic (exact) mass is 451 g/mol. The summed E-state index contributed by atoms with van der Waals surface area (Å²) in [5, 5.41) is 5.65. The molecule has 3 aromatic carbocycles. The molecular formula is C28H25N3O3. The molecule has 0 saturated heterocycles. The molecule has 2 amide bonds. The second-order valence-corrected chi connectivity index (χ2v) is 8.13. The smallest absolute Gasteiger partial charge is 0.267 e. The van der Waals surface area contributed by atoms with Gasteiger partial charge in [0.15, 0.2) is 0 Å². The van der Waals surface area contributed by atoms with Gasteiger partial charge in [0, 0.05) is 29.7 Å². The first-order valence-corrected chi connectivity index (χ1v) is 10.9. The number of amides is 2. The van der Waals surface area contributed by atoms with E-state index < -0.39 is 11.5 Å². The zero-order valence-electron chi connectivity index (χ0n) is 19.0. The molecule has 6 nitrogen and oxygen atoms in total. The molecule has 0 aliphatic rings. The van der Waals surface area contributed by atoms with E-state index in [9.17, 15) is 14.4 Å². The highest BCUT2D eigenvalue weighted by molar-refractivity contribution is 6.04. The molecule has 4 aromatic rings. The van der Waals surface area contributed by atoms with Gasteiger partial charge >= 0.3 is 0 Å². The van der Waals surface area contributed by atoms with E-state index in [4.69, 9.17) is 0 Å². The summed E-state index contributed by atoms with van der Waals surface area (Å²) in [5.74, 6) is -0.640. The first-order valence-electron chi connectivity index (χ1n) is 10.9. The van der Waals surface area contributed by atoms with Crippen LogP contribution >= 0.6 is 0 Å². The van der Waals surface area contributed by atoms with Crippen LogP contribution in [0, 0.1) is 13.8 Å². The molecule has 0 unspecified atom stereocenters. The van der Waals surface area contributed by atoms with Crippen LogP contribution in [-0.2, 0) is 6.54 Å². The fourth-order valence-corrected chi connectivity index (χ4v) is 3.47. The summed E-state index contributed by atoms with van der Waals surface area (Å²) < 4.78 is 1.41. The first-order chi connectivity index (χ1) is 16.4. The highest BCUT2D eigenvalue weighted by atomic mass is 16.2. The number of aryl methyl sites for hydroxylation is 2. The van der Waals surface area contributed by atoms with Crippen LogP contribution < -0.4 is 16.2 Å². The third-order valence-electron chi connectivity index (χ3n) is 5.48. The Morgan fingerprint density at radius 3 is 2.03 bits per heavy atom. The highest BCUT2D eigenvalue weighted by Crippen LogP contribution is 2.14. The van der Waals surface area contributed by atoms with Crippen LogP contribution in [0.1, 0.15) is 37.4 Å². The topological polar surface area (TPSA) is 80.2 Å². The quantitative estimate of drug-likeness (QED) is 0.448. The van der Waals surface area contributed by atoms with E-state index in [0.717, 1.165) is 16.7 Å². The molecule has 0 saturated carbocycles. The summed E-state index contributed by atoms with van der Waals surface area (Å²) in [5.41, 5.74) is 4.58. The average molecular weight is 452 g/mol. The Kier molecular flexibility index (Phi) is 6.69. The Morgan fingerprint density at radius 1 is 0.765 bits per heavy atom. The average Bonchev–Trinajstić information content (AvgIpc) is 2.84. The molecule has 0 aliphatic carbocycles. The molecular weight excluding hydrogens is 426 g/mol. The minimum Gasteiger partial charge on any atom is -0.348 e. The van der Waals surface area contributed by atoms with Gasteiger partial charge in [-0.1, -0.05) is 47.5 Å². The number of aromatic nitrogens is 1. The van der Waals surface area contributed by atoms with Gasteiger partial charge in [-0.3, -0.25) is 19.0 Å². The van der Waals surface area contributed by atoms with E-state index in [2.05, 4.69) is 10.6 Å². The van der Waals surface area contributed by atoms with Crippen LogP contribution in [0.4, 0.5) is 5.69 Å². The Morgan fingerprint density at radius 2 is 1.38 bits per heavy atom. The lowest BCUT2D eigenvalue weighted by Crippen LogP contribution is -2.31. The van der Waals surface area contributed by atoms with Gasteiger partial charge in [0.05, 0.1) is 0 Å². The predicted octanol–water partition coefficient (Wildman–Crippen LogP) is 4.64. The fraction of sp³-hybridized carbons (Fsp3) is 0.107. The number of rotatable bonds is 6. The van der Waals surface area contributed by atoms with E-state index in [0.29, 0.717) is 23.5 Å². The number of hydrogen-bond acceptors (Lipinski definition) is 3. The Labute approximate surface area is 197 Å². The third-order valence-corrected chi connectivity index (χ3v) is 5.48. The first kappa shape index (κ1) is 22.7. The number of nitrogens with zero attached hydrogens (tertiary/aromatic N) is 1. The van der Waals surface area contributed by atoms with Gasteiger partial charge in [0.2, 0.25) is 0 Å². The number of pyridine rings is 1. The molecule has 170 valence electrons. The van der Waals surface area contributed by atoms with Crippen molar-refractivity contribution < 1.29 is 9.59 Å². The van der Waals surface area contributed by atoms with E-state index in [1.807, 2.05) is 50.2 Å². The van der Waals surface area contributed by atoms with Crippen molar-refractivity contribution in [3.05, 3.63) is 129 Å². The molecule has 4 rings (SSSR count). The molecule has 34 heavy (non-hydrogen) atoms. The van der Waals surface area contributed by atoms with Crippen LogP contribution in [0.3, 0.4) is 0 Å². The zero-order chi connectivity index (χ0) is 24.1. The Balaban J connectivity index is 1.46. The standard InChI is InChI=1S/C28H25N3O3/c1-19-5-9-21(10-6-19)18-29-27(33)25-4-3-17-31(28(25)34)24-15-13-23(14-16-24)30-26(32)22-11-7-20(2)8-12-22/h3-17H,18H2,1-2H3,(H,29,33)(H,30,32). The highest BCUT2D eigenvalue weighted by Gasteiger charge is 2.13. The number of nitrogens with one attached hydrogen (secondary N) is 2. The number of carbonyl (C=O) groups is 2. The summed E-state index contributed by atoms with van der Waals surface area (Å²) in [4.78, 5) is 38.0. The van der Waals surface area contributed by atoms with Gasteiger partial charge in [0.1, 0.15) is 5.56 Å². The second-order valence-electron chi connectivity index (χ2n) is 8.13. The minimum absolute atomic E-state index is 0.0614. The molecule has 0 atom stereocenters. The van der Waals surface area contributed by atoms with Crippen molar-refractivity contribution in [2.24, 2.45) is 0 Å². The van der Waals surface area contributed by atoms with Gasteiger partial charge in [-0.05, 0) is 67.9 Å². The molecule has 0 aliphatic heterocycles. The van der Waals surface area contributed by atoms with Gasteiger partial charge < -0.3 is 10.6 Å². The van der Waals surface area contributed by atoms with Crippen molar-refractivity contribution in [1.82, 2.24) is 9.88 Å². The van der Waals surface area contributed by atoms with Crippen LogP contribution in [0.25, 0.3) is 5.69 Å². The SMILES string of the molecule is Cc1ccc(CNC(=O)c2cccn(-c3ccc(NC(=O)c4ccc(C)cc4)cc3)c2=O)cc1. The van der Waals surface area contributed by atoms with Crippen molar-refractivity contribution in [3.8, 4) is 5.69 Å². The van der Waals surface area contributed by atoms with Gasteiger partial charge in [-0.25, -0.2) is 0 Å². The molecule has 1 heterocycles. The van der Waals surface area contributed by atoms with Crippen LogP contribution in [0.2, 0.25) is 0 Å². The maximum absolute atomic E-state index is 13.0. The van der Waals surface area contributed by atoms with Crippen LogP contribution in [0.5, 0.6) is 0 Å². The summed E-state index contributed by atoms with van der Waals surface area (Å²) >= 11 is 0. The predicted molar refractivity (Wildman–Crippen MR) is 134 cm³/mol. The maximum Gasteiger partial charge on any atom is 0.267 e. The molecule has 0 fully saturated rings. The number of benzene rings is 3. The molecule has 0 bridgehead atoms. The summed E-state index contributed by atoms with van der Waals surface area (Å²) in [7, 11) is 0. The summed E-state index contributed by atoms with van der Waals surface area (Å²) in [6, 6.07) is 25.2. The molecule has 0 radical (unpaired) electrons. The molecule has 2 N–H and O–H groups in total. The second kappa shape index (κ2) is 10.0. The van der Waals surface area contributed by atoms with E-state index in [1.165, 1.54) is 10.6 Å². The van der Waals surface area contributed by atoms with Crippen LogP contribution in [0.15, 0.2) is 95.9 Å². The van der Waals surface area contributed by atoms with Crippen molar-refractivity contribution >= 4 is 17.5 Å². The third kappa shape index (κ3) is 5.30. The van der Waals surface area contributed by atoms with Crippen molar-refractivity contribution in [3.63, 3.8) is 0 Å². The van der Waals surface area contributed by atoms with E-state index in [-0.39, 0.29) is 11.5 Å². The lowest BCUT2D eigenvalue weighted by atomic mass is 10.1. The van der Waals surface area contributed by atoms with Gasteiger partial charge in [-0.15, -0.1) is 0 Å². The Hall–Kier alpha value is -4.45. The van der Waals surface area contributed by atoms with E-state index >= 15 is 0 Å². The van der Waals surface area contributed by atoms with Crippen molar-refractivity contribution in [2.45, 2.75) is 20.4 Å². The van der Waals surface area contributed by atoms with Crippen LogP contribution in [-0.4, -0.2) is 16.4 Å². The zero-order valence-corrected chi connectivity index (χ0v) is 19.0. The Bertz CT molecular complexity index is 1370. The largest absolute Gasteiger partial charge is 0.348 e. The molecule has 6 heteroatoms. The van der Waals surface area contributed by atoms with Gasteiger partial charge in [-0.2, -0.15) is 0 Å². The van der Waals surface area contributed by atoms with Crippen molar-refractivity contribution in [1.29, 1.82) is 0 Å². The fourth-order valence-electron chi connectivity index (χ4n) is 3.47. The lowest BCUT2D eigenvalue weighted by molar-refractivity contribution is 0.0948. The lowest BCUT2D eigenvalue weighted by Gasteiger charge is -2.11. The van der Waals surface area contributed by atoms with Crippen molar-refractivity contribution in [2.75, 3.05) is 5.32 Å². The maximum atomic E-state index is 13.0. The molecule has 0 spiro atoms.